The molecule has 1 amide bonds. The van der Waals surface area contributed by atoms with Crippen molar-refractivity contribution in [1.29, 1.82) is 0 Å². The molecule has 0 saturated heterocycles. The van der Waals surface area contributed by atoms with Crippen molar-refractivity contribution in [3.8, 4) is 0 Å². The van der Waals surface area contributed by atoms with Gasteiger partial charge < -0.3 is 10.4 Å². The predicted octanol–water partition coefficient (Wildman–Crippen LogP) is 0.615. The van der Waals surface area contributed by atoms with E-state index in [1.165, 1.54) is 11.3 Å². The van der Waals surface area contributed by atoms with Crippen LogP contribution in [0.5, 0.6) is 0 Å². The molecule has 8 nitrogen and oxygen atoms in total. The fourth-order valence-corrected chi connectivity index (χ4v) is 2.54. The molecular weight excluding hydrogens is 282 g/mol. The van der Waals surface area contributed by atoms with Crippen molar-refractivity contribution in [2.45, 2.75) is 25.8 Å². The van der Waals surface area contributed by atoms with E-state index in [-0.39, 0.29) is 5.82 Å². The number of aryl methyl sites for hydroxylation is 1. The zero-order valence-corrected chi connectivity index (χ0v) is 11.6. The minimum Gasteiger partial charge on any atom is -0.479 e. The number of aromatic amines is 1. The Morgan fingerprint density at radius 2 is 2.20 bits per heavy atom. The first-order valence-electron chi connectivity index (χ1n) is 5.82. The number of nitrogens with one attached hydrogen (secondary N) is 2. The second-order valence-electron chi connectivity index (χ2n) is 4.22. The summed E-state index contributed by atoms with van der Waals surface area (Å²) in [4.78, 5) is 25.2. The summed E-state index contributed by atoms with van der Waals surface area (Å²) in [6, 6.07) is 2.45. The van der Waals surface area contributed by atoms with Crippen LogP contribution in [0, 0.1) is 6.92 Å². The van der Waals surface area contributed by atoms with Crippen LogP contribution in [-0.2, 0) is 9.59 Å². The number of carboxylic acids is 1. The van der Waals surface area contributed by atoms with Gasteiger partial charge in [-0.2, -0.15) is 5.21 Å². The molecule has 0 spiro atoms. The molecule has 2 unspecified atom stereocenters. The van der Waals surface area contributed by atoms with Crippen LogP contribution in [0.1, 0.15) is 34.5 Å². The number of thiophene rings is 1. The summed E-state index contributed by atoms with van der Waals surface area (Å²) in [5, 5.41) is 24.1. The molecule has 0 aliphatic heterocycles. The number of carbonyl (C=O) groups excluding carboxylic acids is 1. The quantitative estimate of drug-likeness (QED) is 0.743. The van der Waals surface area contributed by atoms with E-state index in [4.69, 9.17) is 5.11 Å². The summed E-state index contributed by atoms with van der Waals surface area (Å²) in [6.45, 7) is 3.66. The van der Waals surface area contributed by atoms with Crippen LogP contribution >= 0.6 is 11.3 Å². The fourth-order valence-electron chi connectivity index (χ4n) is 1.61. The van der Waals surface area contributed by atoms with Crippen molar-refractivity contribution in [3.63, 3.8) is 0 Å². The summed E-state index contributed by atoms with van der Waals surface area (Å²) >= 11 is 1.50. The van der Waals surface area contributed by atoms with Gasteiger partial charge in [-0.25, -0.2) is 4.79 Å². The van der Waals surface area contributed by atoms with Crippen LogP contribution < -0.4 is 5.32 Å². The van der Waals surface area contributed by atoms with Gasteiger partial charge in [0.25, 0.3) is 0 Å². The van der Waals surface area contributed by atoms with Gasteiger partial charge >= 0.3 is 5.97 Å². The van der Waals surface area contributed by atoms with Crippen LogP contribution in [0.15, 0.2) is 12.1 Å². The van der Waals surface area contributed by atoms with E-state index in [0.29, 0.717) is 0 Å². The lowest BCUT2D eigenvalue weighted by Gasteiger charge is -2.14. The van der Waals surface area contributed by atoms with E-state index in [1.54, 1.807) is 6.92 Å². The van der Waals surface area contributed by atoms with Crippen LogP contribution in [-0.4, -0.2) is 37.6 Å². The van der Waals surface area contributed by atoms with Gasteiger partial charge in [0.05, 0.1) is 5.92 Å². The summed E-state index contributed by atoms with van der Waals surface area (Å²) in [5.74, 6) is -2.17. The largest absolute Gasteiger partial charge is 0.479 e. The Kier molecular flexibility index (Phi) is 4.08. The molecule has 9 heteroatoms. The highest BCUT2D eigenvalue weighted by Crippen LogP contribution is 2.24. The second kappa shape index (κ2) is 5.78. The third-order valence-corrected chi connectivity index (χ3v) is 3.92. The van der Waals surface area contributed by atoms with Gasteiger partial charge in [-0.05, 0) is 26.0 Å². The van der Waals surface area contributed by atoms with Gasteiger partial charge in [-0.3, -0.25) is 4.79 Å². The number of tetrazole rings is 1. The van der Waals surface area contributed by atoms with Crippen LogP contribution in [0.3, 0.4) is 0 Å². The van der Waals surface area contributed by atoms with Gasteiger partial charge in [0.15, 0.2) is 6.04 Å². The Morgan fingerprint density at radius 1 is 1.45 bits per heavy atom. The van der Waals surface area contributed by atoms with E-state index in [0.717, 1.165) is 9.75 Å². The molecule has 2 atom stereocenters. The van der Waals surface area contributed by atoms with Gasteiger partial charge in [0.2, 0.25) is 11.7 Å². The minimum atomic E-state index is -1.32. The first-order chi connectivity index (χ1) is 9.49. The van der Waals surface area contributed by atoms with Crippen molar-refractivity contribution < 1.29 is 14.7 Å². The average Bonchev–Trinajstić information content (AvgIpc) is 3.05. The second-order valence-corrected chi connectivity index (χ2v) is 5.54. The van der Waals surface area contributed by atoms with Crippen LogP contribution in [0.25, 0.3) is 0 Å². The maximum absolute atomic E-state index is 12.1. The topological polar surface area (TPSA) is 121 Å². The lowest BCUT2D eigenvalue weighted by molar-refractivity contribution is -0.142. The predicted molar refractivity (Wildman–Crippen MR) is 70.2 cm³/mol. The number of carboxylic acid groups (broad SMARTS) is 1. The molecule has 106 valence electrons. The molecule has 0 aliphatic carbocycles. The Labute approximate surface area is 118 Å². The van der Waals surface area contributed by atoms with E-state index in [2.05, 4.69) is 25.9 Å². The Bertz CT molecular complexity index is 609. The first kappa shape index (κ1) is 14.1. The summed E-state index contributed by atoms with van der Waals surface area (Å²) < 4.78 is 0. The minimum absolute atomic E-state index is 0.0830. The highest BCUT2D eigenvalue weighted by molar-refractivity contribution is 7.12. The molecule has 0 bridgehead atoms. The number of aliphatic carboxylic acids is 1. The van der Waals surface area contributed by atoms with Crippen molar-refractivity contribution in [1.82, 2.24) is 25.9 Å². The SMILES string of the molecule is Cc1ccc(C(C)C(=O)NC(C(=O)O)c2nn[nH]n2)s1. The smallest absolute Gasteiger partial charge is 0.334 e. The third-order valence-electron chi connectivity index (χ3n) is 2.73. The maximum Gasteiger partial charge on any atom is 0.334 e. The van der Waals surface area contributed by atoms with Gasteiger partial charge in [0, 0.05) is 9.75 Å². The van der Waals surface area contributed by atoms with Crippen molar-refractivity contribution in [3.05, 3.63) is 27.7 Å². The molecule has 0 radical (unpaired) electrons. The monoisotopic (exact) mass is 295 g/mol. The number of H-pyrrole nitrogens is 1. The first-order valence-corrected chi connectivity index (χ1v) is 6.63. The number of rotatable bonds is 5. The lowest BCUT2D eigenvalue weighted by Crippen LogP contribution is -2.36. The van der Waals surface area contributed by atoms with Crippen molar-refractivity contribution in [2.75, 3.05) is 0 Å². The number of aromatic nitrogens is 4. The molecule has 0 aliphatic rings. The van der Waals surface area contributed by atoms with Gasteiger partial charge in [-0.1, -0.05) is 5.21 Å². The number of nitrogens with zero attached hydrogens (tertiary/aromatic N) is 3. The Hall–Kier alpha value is -2.29. The highest BCUT2D eigenvalue weighted by Gasteiger charge is 2.28. The third kappa shape index (κ3) is 2.99. The van der Waals surface area contributed by atoms with Crippen LogP contribution in [0.4, 0.5) is 0 Å². The lowest BCUT2D eigenvalue weighted by atomic mass is 10.1. The van der Waals surface area contributed by atoms with Crippen molar-refractivity contribution in [2.24, 2.45) is 0 Å². The molecule has 2 aromatic heterocycles. The Morgan fingerprint density at radius 3 is 2.70 bits per heavy atom. The average molecular weight is 295 g/mol. The highest BCUT2D eigenvalue weighted by atomic mass is 32.1. The molecular formula is C11H13N5O3S. The fraction of sp³-hybridized carbons (Fsp3) is 0.364. The number of amides is 1. The molecule has 2 aromatic rings. The zero-order valence-electron chi connectivity index (χ0n) is 10.8. The number of carbonyl (C=O) groups is 2. The molecule has 20 heavy (non-hydrogen) atoms. The summed E-state index contributed by atoms with van der Waals surface area (Å²) in [7, 11) is 0. The normalized spacial score (nSPS) is 13.7. The van der Waals surface area contributed by atoms with E-state index < -0.39 is 23.8 Å². The molecule has 2 heterocycles. The summed E-state index contributed by atoms with van der Waals surface area (Å²) in [5.41, 5.74) is 0. The molecule has 0 fully saturated rings. The zero-order chi connectivity index (χ0) is 14.7. The number of hydrogen-bond acceptors (Lipinski definition) is 6. The Balaban J connectivity index is 2.11. The maximum atomic E-state index is 12.1. The van der Waals surface area contributed by atoms with Gasteiger partial charge in [-0.15, -0.1) is 21.5 Å². The molecule has 0 aromatic carbocycles. The van der Waals surface area contributed by atoms with E-state index in [1.807, 2.05) is 19.1 Å². The molecule has 2 rings (SSSR count). The molecule has 3 N–H and O–H groups in total. The van der Waals surface area contributed by atoms with Gasteiger partial charge in [0.1, 0.15) is 0 Å². The van der Waals surface area contributed by atoms with E-state index in [9.17, 15) is 9.59 Å². The van der Waals surface area contributed by atoms with Crippen LogP contribution in [0.2, 0.25) is 0 Å². The molecule has 0 saturated carbocycles. The summed E-state index contributed by atoms with van der Waals surface area (Å²) in [6.07, 6.45) is 0. The number of hydrogen-bond donors (Lipinski definition) is 3. The van der Waals surface area contributed by atoms with E-state index >= 15 is 0 Å². The van der Waals surface area contributed by atoms with Crippen molar-refractivity contribution >= 4 is 23.2 Å². The standard InChI is InChI=1S/C11H13N5O3S/c1-5-3-4-7(20-5)6(2)10(17)12-8(11(18)19)9-13-15-16-14-9/h3-4,6,8H,1-2H3,(H,12,17)(H,18,19)(H,13,14,15,16).